The Labute approximate surface area is 100 Å². The Morgan fingerprint density at radius 1 is 1.53 bits per heavy atom. The van der Waals surface area contributed by atoms with Gasteiger partial charge in [-0.15, -0.1) is 0 Å². The fourth-order valence-electron chi connectivity index (χ4n) is 1.94. The van der Waals surface area contributed by atoms with E-state index in [0.29, 0.717) is 32.2 Å². The van der Waals surface area contributed by atoms with Gasteiger partial charge in [0.15, 0.2) is 0 Å². The molecular weight excluding hydrogens is 222 g/mol. The van der Waals surface area contributed by atoms with Crippen molar-refractivity contribution in [2.75, 3.05) is 13.6 Å². The van der Waals surface area contributed by atoms with Crippen molar-refractivity contribution in [3.8, 4) is 6.07 Å². The molecule has 1 saturated carbocycles. The number of carbonyl (C=O) groups excluding carboxylic acids is 1. The summed E-state index contributed by atoms with van der Waals surface area (Å²) in [4.78, 5) is 23.8. The third kappa shape index (κ3) is 3.94. The van der Waals surface area contributed by atoms with Crippen LogP contribution in [0, 0.1) is 17.2 Å². The maximum absolute atomic E-state index is 11.6. The number of urea groups is 1. The molecule has 2 N–H and O–H groups in total. The molecule has 2 amide bonds. The van der Waals surface area contributed by atoms with Crippen LogP contribution in [0.1, 0.15) is 25.7 Å². The molecule has 0 bridgehead atoms. The molecule has 6 heteroatoms. The van der Waals surface area contributed by atoms with Crippen molar-refractivity contribution in [3.05, 3.63) is 0 Å². The summed E-state index contributed by atoms with van der Waals surface area (Å²) in [5.41, 5.74) is 0. The lowest BCUT2D eigenvalue weighted by Crippen LogP contribution is -2.42. The van der Waals surface area contributed by atoms with Gasteiger partial charge in [0.25, 0.3) is 0 Å². The smallest absolute Gasteiger partial charge is 0.317 e. The molecule has 0 aromatic heterocycles. The van der Waals surface area contributed by atoms with E-state index in [1.807, 2.05) is 6.07 Å². The van der Waals surface area contributed by atoms with Crippen molar-refractivity contribution in [1.82, 2.24) is 10.2 Å². The predicted molar refractivity (Wildman–Crippen MR) is 60.2 cm³/mol. The molecule has 1 rings (SSSR count). The molecular formula is C11H17N3O3. The summed E-state index contributed by atoms with van der Waals surface area (Å²) in [6.45, 7) is 0.386. The fraction of sp³-hybridized carbons (Fsp3) is 0.727. The second-order valence-corrected chi connectivity index (χ2v) is 4.32. The summed E-state index contributed by atoms with van der Waals surface area (Å²) in [7, 11) is 1.62. The molecule has 0 aliphatic heterocycles. The Morgan fingerprint density at radius 2 is 2.24 bits per heavy atom. The number of aliphatic carboxylic acids is 1. The van der Waals surface area contributed by atoms with Gasteiger partial charge >= 0.3 is 12.0 Å². The number of carbonyl (C=O) groups is 2. The van der Waals surface area contributed by atoms with Crippen LogP contribution in [-0.2, 0) is 4.79 Å². The number of nitriles is 1. The summed E-state index contributed by atoms with van der Waals surface area (Å²) in [6, 6.07) is 1.67. The maximum atomic E-state index is 11.6. The van der Waals surface area contributed by atoms with E-state index in [4.69, 9.17) is 10.4 Å². The number of nitrogens with one attached hydrogen (secondary N) is 1. The highest BCUT2D eigenvalue weighted by Crippen LogP contribution is 2.25. The molecule has 17 heavy (non-hydrogen) atoms. The second kappa shape index (κ2) is 6.09. The van der Waals surface area contributed by atoms with E-state index in [0.717, 1.165) is 0 Å². The Hall–Kier alpha value is -1.77. The number of hydrogen-bond donors (Lipinski definition) is 2. The molecule has 1 aliphatic carbocycles. The van der Waals surface area contributed by atoms with Gasteiger partial charge in [0.2, 0.25) is 0 Å². The van der Waals surface area contributed by atoms with E-state index in [1.165, 1.54) is 4.90 Å². The van der Waals surface area contributed by atoms with Crippen LogP contribution in [0.5, 0.6) is 0 Å². The van der Waals surface area contributed by atoms with Gasteiger partial charge in [-0.2, -0.15) is 5.26 Å². The molecule has 0 unspecified atom stereocenters. The van der Waals surface area contributed by atoms with Gasteiger partial charge in [-0.3, -0.25) is 4.79 Å². The Morgan fingerprint density at radius 3 is 2.76 bits per heavy atom. The van der Waals surface area contributed by atoms with Crippen LogP contribution in [0.2, 0.25) is 0 Å². The monoisotopic (exact) mass is 239 g/mol. The van der Waals surface area contributed by atoms with Crippen molar-refractivity contribution in [2.24, 2.45) is 5.92 Å². The molecule has 94 valence electrons. The van der Waals surface area contributed by atoms with E-state index in [-0.39, 0.29) is 18.0 Å². The topological polar surface area (TPSA) is 93.4 Å². The molecule has 0 saturated heterocycles. The van der Waals surface area contributed by atoms with Crippen LogP contribution in [0.4, 0.5) is 4.79 Å². The Balaban J connectivity index is 2.33. The zero-order valence-corrected chi connectivity index (χ0v) is 9.85. The molecule has 6 nitrogen and oxygen atoms in total. The zero-order valence-electron chi connectivity index (χ0n) is 9.85. The minimum atomic E-state index is -0.792. The quantitative estimate of drug-likeness (QED) is 0.758. The Kier molecular flexibility index (Phi) is 4.76. The van der Waals surface area contributed by atoms with Crippen LogP contribution in [0.25, 0.3) is 0 Å². The van der Waals surface area contributed by atoms with E-state index in [2.05, 4.69) is 5.32 Å². The van der Waals surface area contributed by atoms with Gasteiger partial charge in [-0.05, 0) is 19.3 Å². The molecule has 0 heterocycles. The van der Waals surface area contributed by atoms with Gasteiger partial charge in [-0.25, -0.2) is 4.79 Å². The van der Waals surface area contributed by atoms with Crippen molar-refractivity contribution in [3.63, 3.8) is 0 Å². The predicted octanol–water partition coefficient (Wildman–Crippen LogP) is 0.795. The first-order chi connectivity index (χ1) is 8.04. The van der Waals surface area contributed by atoms with Gasteiger partial charge in [0.1, 0.15) is 0 Å². The lowest BCUT2D eigenvalue weighted by molar-refractivity contribution is -0.141. The number of carboxylic acids is 1. The first kappa shape index (κ1) is 13.3. The number of carboxylic acid groups (broad SMARTS) is 1. The third-order valence-corrected chi connectivity index (χ3v) is 3.02. The van der Waals surface area contributed by atoms with Gasteiger partial charge in [0.05, 0.1) is 18.4 Å². The summed E-state index contributed by atoms with van der Waals surface area (Å²) in [5.74, 6) is -1.13. The standard InChI is InChI=1S/C11H17N3O3/c1-14(6-2-5-12)11(17)13-9-4-3-8(7-9)10(15)16/h8-9H,2-4,6-7H2,1H3,(H,13,17)(H,15,16)/t8-,9+/m1/s1. The normalized spacial score (nSPS) is 22.8. The van der Waals surface area contributed by atoms with Crippen molar-refractivity contribution in [1.29, 1.82) is 5.26 Å². The van der Waals surface area contributed by atoms with E-state index in [1.54, 1.807) is 7.05 Å². The molecule has 0 aromatic rings. The van der Waals surface area contributed by atoms with Crippen molar-refractivity contribution < 1.29 is 14.7 Å². The molecule has 0 radical (unpaired) electrons. The largest absolute Gasteiger partial charge is 0.481 e. The maximum Gasteiger partial charge on any atom is 0.317 e. The number of nitrogens with zero attached hydrogens (tertiary/aromatic N) is 2. The number of hydrogen-bond acceptors (Lipinski definition) is 3. The minimum Gasteiger partial charge on any atom is -0.481 e. The highest BCUT2D eigenvalue weighted by molar-refractivity contribution is 5.75. The highest BCUT2D eigenvalue weighted by Gasteiger charge is 2.30. The first-order valence-corrected chi connectivity index (χ1v) is 5.66. The summed E-state index contributed by atoms with van der Waals surface area (Å²) in [6.07, 6.45) is 2.11. The van der Waals surface area contributed by atoms with E-state index >= 15 is 0 Å². The van der Waals surface area contributed by atoms with Gasteiger partial charge in [0, 0.05) is 19.6 Å². The van der Waals surface area contributed by atoms with Gasteiger partial charge < -0.3 is 15.3 Å². The molecule has 0 aromatic carbocycles. The highest BCUT2D eigenvalue weighted by atomic mass is 16.4. The van der Waals surface area contributed by atoms with Crippen LogP contribution in [0.3, 0.4) is 0 Å². The van der Waals surface area contributed by atoms with E-state index < -0.39 is 5.97 Å². The Bertz CT molecular complexity index is 337. The number of amides is 2. The SMILES string of the molecule is CN(CCC#N)C(=O)N[C@H]1CC[C@@H](C(=O)O)C1. The second-order valence-electron chi connectivity index (χ2n) is 4.32. The van der Waals surface area contributed by atoms with Gasteiger partial charge in [-0.1, -0.05) is 0 Å². The minimum absolute atomic E-state index is 0.0619. The molecule has 1 aliphatic rings. The van der Waals surface area contributed by atoms with Crippen molar-refractivity contribution in [2.45, 2.75) is 31.7 Å². The third-order valence-electron chi connectivity index (χ3n) is 3.02. The lowest BCUT2D eigenvalue weighted by Gasteiger charge is -2.19. The molecule has 0 spiro atoms. The number of rotatable bonds is 4. The molecule has 2 atom stereocenters. The first-order valence-electron chi connectivity index (χ1n) is 5.66. The zero-order chi connectivity index (χ0) is 12.8. The lowest BCUT2D eigenvalue weighted by atomic mass is 10.1. The van der Waals surface area contributed by atoms with E-state index in [9.17, 15) is 9.59 Å². The summed E-state index contributed by atoms with van der Waals surface area (Å²) < 4.78 is 0. The average molecular weight is 239 g/mol. The summed E-state index contributed by atoms with van der Waals surface area (Å²) in [5, 5.41) is 20.0. The average Bonchev–Trinajstić information content (AvgIpc) is 2.74. The van der Waals surface area contributed by atoms with Crippen LogP contribution in [-0.4, -0.2) is 41.6 Å². The van der Waals surface area contributed by atoms with Crippen LogP contribution in [0.15, 0.2) is 0 Å². The van der Waals surface area contributed by atoms with Crippen LogP contribution >= 0.6 is 0 Å². The fourth-order valence-corrected chi connectivity index (χ4v) is 1.94. The van der Waals surface area contributed by atoms with Crippen molar-refractivity contribution >= 4 is 12.0 Å². The van der Waals surface area contributed by atoms with Crippen LogP contribution < -0.4 is 5.32 Å². The molecule has 1 fully saturated rings. The summed E-state index contributed by atoms with van der Waals surface area (Å²) >= 11 is 0.